The number of carbonyl (C=O) groups is 3. The maximum Gasteiger partial charge on any atom is 0.509 e. The second kappa shape index (κ2) is 15.7. The number of hydrogen-bond donors (Lipinski definition) is 0. The van der Waals surface area contributed by atoms with Crippen LogP contribution in [0.2, 0.25) is 0 Å². The SMILES string of the molecule is C#CCCCC(=O)OCC(CC)(COC(=O)CCCC#C)COC(=O)OCCl. The molecule has 0 fully saturated rings. The molecule has 0 saturated heterocycles. The summed E-state index contributed by atoms with van der Waals surface area (Å²) in [5.74, 6) is 4.02. The van der Waals surface area contributed by atoms with Crippen molar-refractivity contribution < 1.29 is 33.3 Å². The van der Waals surface area contributed by atoms with E-state index < -0.39 is 23.5 Å². The molecule has 8 heteroatoms. The zero-order valence-corrected chi connectivity index (χ0v) is 16.9. The quantitative estimate of drug-likeness (QED) is 0.141. The van der Waals surface area contributed by atoms with E-state index in [1.54, 1.807) is 6.92 Å². The van der Waals surface area contributed by atoms with Gasteiger partial charge in [-0.05, 0) is 19.3 Å². The zero-order valence-electron chi connectivity index (χ0n) is 16.2. The van der Waals surface area contributed by atoms with Gasteiger partial charge < -0.3 is 18.9 Å². The summed E-state index contributed by atoms with van der Waals surface area (Å²) in [6, 6.07) is -0.355. The van der Waals surface area contributed by atoms with Crippen LogP contribution in [-0.4, -0.2) is 44.0 Å². The summed E-state index contributed by atoms with van der Waals surface area (Å²) in [6.07, 6.45) is 12.1. The summed E-state index contributed by atoms with van der Waals surface area (Å²) in [6.45, 7) is 1.44. The van der Waals surface area contributed by atoms with Crippen LogP contribution >= 0.6 is 11.6 Å². The molecule has 0 atom stereocenters. The van der Waals surface area contributed by atoms with Gasteiger partial charge >= 0.3 is 18.1 Å². The number of terminal acetylenes is 2. The van der Waals surface area contributed by atoms with Crippen molar-refractivity contribution in [3.8, 4) is 24.7 Å². The summed E-state index contributed by atoms with van der Waals surface area (Å²) in [5, 5.41) is 0. The molecule has 0 aliphatic carbocycles. The van der Waals surface area contributed by atoms with Crippen LogP contribution in [0.15, 0.2) is 0 Å². The smallest absolute Gasteiger partial charge is 0.465 e. The molecule has 0 N–H and O–H groups in total. The molecule has 28 heavy (non-hydrogen) atoms. The highest BCUT2D eigenvalue weighted by atomic mass is 35.5. The highest BCUT2D eigenvalue weighted by Crippen LogP contribution is 2.25. The normalized spacial score (nSPS) is 10.3. The fourth-order valence-corrected chi connectivity index (χ4v) is 2.10. The summed E-state index contributed by atoms with van der Waals surface area (Å²) in [4.78, 5) is 35.2. The molecular weight excluding hydrogens is 388 g/mol. The van der Waals surface area contributed by atoms with Crippen molar-refractivity contribution in [3.63, 3.8) is 0 Å². The van der Waals surface area contributed by atoms with Crippen LogP contribution in [0, 0.1) is 30.1 Å². The number of alkyl halides is 1. The minimum absolute atomic E-state index is 0.0931. The monoisotopic (exact) mass is 414 g/mol. The Morgan fingerprint density at radius 3 is 1.71 bits per heavy atom. The Labute approximate surface area is 171 Å². The van der Waals surface area contributed by atoms with Crippen molar-refractivity contribution in [3.05, 3.63) is 0 Å². The molecule has 0 rings (SSSR count). The van der Waals surface area contributed by atoms with Gasteiger partial charge in [-0.3, -0.25) is 9.59 Å². The van der Waals surface area contributed by atoms with Crippen LogP contribution < -0.4 is 0 Å². The molecule has 0 radical (unpaired) electrons. The number of hydrogen-bond acceptors (Lipinski definition) is 7. The Hall–Kier alpha value is -2.38. The second-order valence-electron chi connectivity index (χ2n) is 6.08. The fourth-order valence-electron chi connectivity index (χ4n) is 2.01. The number of carbonyl (C=O) groups excluding carboxylic acids is 3. The third-order valence-corrected chi connectivity index (χ3v) is 4.01. The van der Waals surface area contributed by atoms with E-state index in [0.717, 1.165) is 0 Å². The molecule has 0 bridgehead atoms. The Kier molecular flexibility index (Phi) is 14.3. The lowest BCUT2D eigenvalue weighted by Gasteiger charge is -2.30. The van der Waals surface area contributed by atoms with Crippen molar-refractivity contribution >= 4 is 29.7 Å². The molecule has 0 aliphatic heterocycles. The summed E-state index contributed by atoms with van der Waals surface area (Å²) < 4.78 is 20.1. The van der Waals surface area contributed by atoms with Crippen LogP contribution in [0.25, 0.3) is 0 Å². The van der Waals surface area contributed by atoms with Gasteiger partial charge in [-0.25, -0.2) is 4.79 Å². The standard InChI is InChI=1S/C20H27ClO7/c1-4-7-9-11-17(22)25-13-20(6-3,15-27-19(24)28-16-21)14-26-18(23)12-10-8-5-2/h1-2H,6-16H2,3H3. The van der Waals surface area contributed by atoms with Crippen LogP contribution in [0.4, 0.5) is 4.79 Å². The Morgan fingerprint density at radius 2 is 1.32 bits per heavy atom. The first-order valence-corrected chi connectivity index (χ1v) is 9.50. The lowest BCUT2D eigenvalue weighted by atomic mass is 9.88. The van der Waals surface area contributed by atoms with E-state index in [2.05, 4.69) is 16.6 Å². The predicted octanol–water partition coefficient (Wildman–Crippen LogP) is 3.43. The van der Waals surface area contributed by atoms with Gasteiger partial charge in [0, 0.05) is 25.7 Å². The first-order valence-electron chi connectivity index (χ1n) is 8.96. The molecule has 0 aromatic heterocycles. The van der Waals surface area contributed by atoms with Crippen LogP contribution in [0.1, 0.15) is 51.9 Å². The number of rotatable bonds is 14. The number of ether oxygens (including phenoxy) is 4. The summed E-state index contributed by atoms with van der Waals surface area (Å²) in [7, 11) is 0. The fraction of sp³-hybridized carbons (Fsp3) is 0.650. The molecule has 0 amide bonds. The van der Waals surface area contributed by atoms with Gasteiger partial charge in [-0.15, -0.1) is 24.7 Å². The number of halogens is 1. The van der Waals surface area contributed by atoms with Gasteiger partial charge in [0.05, 0.1) is 5.41 Å². The van der Waals surface area contributed by atoms with E-state index >= 15 is 0 Å². The first-order chi connectivity index (χ1) is 13.4. The van der Waals surface area contributed by atoms with Crippen molar-refractivity contribution in [2.24, 2.45) is 5.41 Å². The van der Waals surface area contributed by atoms with Crippen LogP contribution in [0.3, 0.4) is 0 Å². The Balaban J connectivity index is 4.83. The average molecular weight is 415 g/mol. The van der Waals surface area contributed by atoms with Gasteiger partial charge in [0.25, 0.3) is 0 Å². The van der Waals surface area contributed by atoms with Gasteiger partial charge in [-0.1, -0.05) is 18.5 Å². The maximum atomic E-state index is 11.9. The predicted molar refractivity (Wildman–Crippen MR) is 103 cm³/mol. The van der Waals surface area contributed by atoms with Crippen LogP contribution in [-0.2, 0) is 28.5 Å². The van der Waals surface area contributed by atoms with E-state index in [1.807, 2.05) is 0 Å². The highest BCUT2D eigenvalue weighted by molar-refractivity contribution is 6.17. The van der Waals surface area contributed by atoms with Crippen LogP contribution in [0.5, 0.6) is 0 Å². The third kappa shape index (κ3) is 12.1. The maximum absolute atomic E-state index is 11.9. The van der Waals surface area contributed by atoms with Crippen molar-refractivity contribution in [2.45, 2.75) is 51.9 Å². The first kappa shape index (κ1) is 25.6. The van der Waals surface area contributed by atoms with Gasteiger partial charge in [0.2, 0.25) is 0 Å². The lowest BCUT2D eigenvalue weighted by molar-refractivity contribution is -0.157. The zero-order chi connectivity index (χ0) is 21.3. The van der Waals surface area contributed by atoms with Crippen molar-refractivity contribution in [1.82, 2.24) is 0 Å². The average Bonchev–Trinajstić information content (AvgIpc) is 2.68. The molecule has 0 heterocycles. The van der Waals surface area contributed by atoms with E-state index in [-0.39, 0.29) is 38.7 Å². The van der Waals surface area contributed by atoms with E-state index in [9.17, 15) is 14.4 Å². The van der Waals surface area contributed by atoms with Crippen molar-refractivity contribution in [2.75, 3.05) is 25.9 Å². The molecule has 0 aliphatic rings. The molecule has 156 valence electrons. The van der Waals surface area contributed by atoms with Gasteiger partial charge in [0.1, 0.15) is 19.8 Å². The van der Waals surface area contributed by atoms with Crippen molar-refractivity contribution in [1.29, 1.82) is 0 Å². The Morgan fingerprint density at radius 1 is 0.857 bits per heavy atom. The molecule has 0 saturated carbocycles. The van der Waals surface area contributed by atoms with Gasteiger partial charge in [0.15, 0.2) is 6.07 Å². The summed E-state index contributed by atoms with van der Waals surface area (Å²) >= 11 is 5.32. The topological polar surface area (TPSA) is 88.1 Å². The number of esters is 2. The largest absolute Gasteiger partial charge is 0.509 e. The van der Waals surface area contributed by atoms with E-state index in [4.69, 9.17) is 38.7 Å². The highest BCUT2D eigenvalue weighted by Gasteiger charge is 2.34. The van der Waals surface area contributed by atoms with E-state index in [1.165, 1.54) is 0 Å². The molecule has 0 spiro atoms. The molecular formula is C20H27ClO7. The minimum Gasteiger partial charge on any atom is -0.465 e. The number of unbranched alkanes of at least 4 members (excludes halogenated alkanes) is 2. The third-order valence-electron chi connectivity index (χ3n) is 3.90. The lowest BCUT2D eigenvalue weighted by Crippen LogP contribution is -2.39. The molecule has 0 unspecified atom stereocenters. The molecule has 7 nitrogen and oxygen atoms in total. The summed E-state index contributed by atoms with van der Waals surface area (Å²) in [5.41, 5.74) is -0.908. The Bertz CT molecular complexity index is 538. The molecule has 0 aromatic rings. The second-order valence-corrected chi connectivity index (χ2v) is 6.30. The minimum atomic E-state index is -0.964. The molecule has 0 aromatic carbocycles. The van der Waals surface area contributed by atoms with Gasteiger partial charge in [-0.2, -0.15) is 0 Å². The van der Waals surface area contributed by atoms with E-state index in [0.29, 0.717) is 32.1 Å².